The highest BCUT2D eigenvalue weighted by Crippen LogP contribution is 2.39. The van der Waals surface area contributed by atoms with E-state index >= 15 is 0 Å². The van der Waals surface area contributed by atoms with Gasteiger partial charge in [0.15, 0.2) is 11.4 Å². The van der Waals surface area contributed by atoms with Gasteiger partial charge in [-0.15, -0.1) is 0 Å². The Morgan fingerprint density at radius 1 is 1.27 bits per heavy atom. The average molecular weight is 468 g/mol. The van der Waals surface area contributed by atoms with Gasteiger partial charge in [-0.1, -0.05) is 11.3 Å². The van der Waals surface area contributed by atoms with Gasteiger partial charge in [0, 0.05) is 23.4 Å². The molecule has 1 aromatic carbocycles. The first-order valence-corrected chi connectivity index (χ1v) is 11.3. The van der Waals surface area contributed by atoms with Gasteiger partial charge in [0.25, 0.3) is 5.69 Å². The summed E-state index contributed by atoms with van der Waals surface area (Å²) in [5.41, 5.74) is 7.89. The maximum absolute atomic E-state index is 13.6. The van der Waals surface area contributed by atoms with Crippen LogP contribution in [0.5, 0.6) is 0 Å². The highest BCUT2D eigenvalue weighted by molar-refractivity contribution is 7.18. The molecule has 0 fully saturated rings. The van der Waals surface area contributed by atoms with Gasteiger partial charge in [-0.05, 0) is 49.2 Å². The summed E-state index contributed by atoms with van der Waals surface area (Å²) in [7, 11) is 0. The summed E-state index contributed by atoms with van der Waals surface area (Å²) in [6, 6.07) is 9.80. The Kier molecular flexibility index (Phi) is 5.06. The average Bonchev–Trinajstić information content (AvgIpc) is 3.41. The molecule has 1 aliphatic rings. The number of rotatable bonds is 5. The molecule has 4 aromatic rings. The molecule has 33 heavy (non-hydrogen) atoms. The van der Waals surface area contributed by atoms with Crippen LogP contribution in [0.2, 0.25) is 0 Å². The zero-order valence-electron chi connectivity index (χ0n) is 18.2. The Bertz CT molecular complexity index is 1420. The van der Waals surface area contributed by atoms with Crippen molar-refractivity contribution in [1.29, 1.82) is 0 Å². The number of thiophene rings is 1. The second-order valence-electron chi connectivity index (χ2n) is 8.75. The van der Waals surface area contributed by atoms with E-state index in [1.54, 1.807) is 35.1 Å². The van der Waals surface area contributed by atoms with Crippen molar-refractivity contribution in [3.8, 4) is 0 Å². The predicted molar refractivity (Wildman–Crippen MR) is 123 cm³/mol. The van der Waals surface area contributed by atoms with E-state index in [1.807, 2.05) is 13.8 Å². The molecule has 2 N–H and O–H groups in total. The third kappa shape index (κ3) is 3.81. The number of anilines is 1. The maximum atomic E-state index is 13.6. The van der Waals surface area contributed by atoms with E-state index in [2.05, 4.69) is 0 Å². The number of hydrogen-bond acceptors (Lipinski definition) is 7. The Hall–Kier alpha value is -3.50. The third-order valence-corrected chi connectivity index (χ3v) is 7.13. The summed E-state index contributed by atoms with van der Waals surface area (Å²) < 4.78 is 14.7. The van der Waals surface area contributed by atoms with E-state index in [1.165, 1.54) is 28.0 Å². The van der Waals surface area contributed by atoms with Gasteiger partial charge in [-0.3, -0.25) is 10.1 Å². The van der Waals surface area contributed by atoms with E-state index in [0.29, 0.717) is 24.6 Å². The molecule has 0 unspecified atom stereocenters. The number of nitro groups is 1. The minimum absolute atomic E-state index is 0.00685. The van der Waals surface area contributed by atoms with Crippen molar-refractivity contribution in [3.05, 3.63) is 85.0 Å². The van der Waals surface area contributed by atoms with Gasteiger partial charge in [0.05, 0.1) is 23.4 Å². The van der Waals surface area contributed by atoms with Crippen LogP contribution >= 0.6 is 11.3 Å². The summed E-state index contributed by atoms with van der Waals surface area (Å²) in [5.74, 6) is 1.03. The van der Waals surface area contributed by atoms with Gasteiger partial charge < -0.3 is 14.9 Å². The lowest BCUT2D eigenvalue weighted by molar-refractivity contribution is -0.679. The smallest absolute Gasteiger partial charge is 0.465 e. The molecule has 1 aliphatic heterocycles. The molecule has 0 bridgehead atoms. The van der Waals surface area contributed by atoms with Crippen LogP contribution in [-0.2, 0) is 30.9 Å². The topological polar surface area (TPSA) is 117 Å². The molecule has 0 atom stereocenters. The minimum Gasteiger partial charge on any atom is -0.465 e. The molecule has 0 aliphatic carbocycles. The van der Waals surface area contributed by atoms with Crippen molar-refractivity contribution in [2.24, 2.45) is 0 Å². The van der Waals surface area contributed by atoms with E-state index in [0.717, 1.165) is 26.2 Å². The van der Waals surface area contributed by atoms with E-state index in [9.17, 15) is 14.9 Å². The number of non-ortho nitro benzene ring substituents is 1. The number of nitrogens with zero attached hydrogens (tertiary/aromatic N) is 3. The van der Waals surface area contributed by atoms with Crippen molar-refractivity contribution in [2.45, 2.75) is 45.6 Å². The number of nitrogen functional groups attached to an aromatic ring is 1. The summed E-state index contributed by atoms with van der Waals surface area (Å²) in [5, 5.41) is 11.9. The molecule has 0 spiro atoms. The zero-order chi connectivity index (χ0) is 23.3. The second-order valence-corrected chi connectivity index (χ2v) is 9.84. The lowest BCUT2D eigenvalue weighted by atomic mass is 9.94. The molecule has 10 heteroatoms. The molecule has 0 saturated heterocycles. The van der Waals surface area contributed by atoms with Crippen molar-refractivity contribution < 1.29 is 18.6 Å². The normalized spacial score (nSPS) is 15.0. The summed E-state index contributed by atoms with van der Waals surface area (Å²) >= 11 is 1.51. The first-order valence-electron chi connectivity index (χ1n) is 10.5. The van der Waals surface area contributed by atoms with Crippen molar-refractivity contribution in [2.75, 3.05) is 5.73 Å². The Morgan fingerprint density at radius 3 is 2.70 bits per heavy atom. The maximum Gasteiger partial charge on any atom is 0.501 e. The quantitative estimate of drug-likeness (QED) is 0.273. The Morgan fingerprint density at radius 2 is 2.03 bits per heavy atom. The van der Waals surface area contributed by atoms with Crippen LogP contribution in [0, 0.1) is 10.1 Å². The molecule has 4 heterocycles. The first-order chi connectivity index (χ1) is 15.7. The van der Waals surface area contributed by atoms with Gasteiger partial charge >= 0.3 is 5.69 Å². The van der Waals surface area contributed by atoms with Crippen LogP contribution < -0.4 is 16.0 Å². The van der Waals surface area contributed by atoms with Crippen LogP contribution in [-0.4, -0.2) is 15.1 Å². The fourth-order valence-corrected chi connectivity index (χ4v) is 5.45. The van der Waals surface area contributed by atoms with Crippen molar-refractivity contribution in [3.63, 3.8) is 0 Å². The molecular weight excluding hydrogens is 444 g/mol. The Labute approximate surface area is 192 Å². The molecule has 170 valence electrons. The largest absolute Gasteiger partial charge is 0.501 e. The number of fused-ring (bicyclic) bond motifs is 3. The van der Waals surface area contributed by atoms with Crippen LogP contribution in [0.4, 0.5) is 11.5 Å². The zero-order valence-corrected chi connectivity index (χ0v) is 19.1. The Balaban J connectivity index is 1.70. The van der Waals surface area contributed by atoms with Crippen LogP contribution in [0.15, 0.2) is 51.9 Å². The highest BCUT2D eigenvalue weighted by atomic mass is 32.1. The predicted octanol–water partition coefficient (Wildman–Crippen LogP) is 3.38. The summed E-state index contributed by atoms with van der Waals surface area (Å²) in [4.78, 5) is 26.0. The van der Waals surface area contributed by atoms with Crippen LogP contribution in [0.25, 0.3) is 10.2 Å². The number of hydrogen-bond donors (Lipinski definition) is 1. The SMILES string of the molecule is CC1(C)Cc2c(sc3c2c(N)n(Cc2ccco2)c(=O)[n+]3Cc2ccc([N+](=O)[O-])cc2)CO1. The summed E-state index contributed by atoms with van der Waals surface area (Å²) in [6.45, 7) is 5.01. The lowest BCUT2D eigenvalue weighted by Crippen LogP contribution is -2.55. The van der Waals surface area contributed by atoms with Crippen LogP contribution in [0.1, 0.15) is 35.6 Å². The van der Waals surface area contributed by atoms with Gasteiger partial charge in [-0.25, -0.2) is 0 Å². The molecule has 9 nitrogen and oxygen atoms in total. The highest BCUT2D eigenvalue weighted by Gasteiger charge is 2.34. The van der Waals surface area contributed by atoms with Crippen LogP contribution in [0.3, 0.4) is 0 Å². The molecule has 0 saturated carbocycles. The second kappa shape index (κ2) is 7.82. The number of furan rings is 1. The van der Waals surface area contributed by atoms with E-state index < -0.39 is 4.92 Å². The molecule has 5 rings (SSSR count). The first kappa shape index (κ1) is 21.4. The monoisotopic (exact) mass is 467 g/mol. The van der Waals surface area contributed by atoms with E-state index in [4.69, 9.17) is 14.9 Å². The molecule has 3 aromatic heterocycles. The summed E-state index contributed by atoms with van der Waals surface area (Å²) in [6.07, 6.45) is 2.25. The minimum atomic E-state index is -0.441. The standard InChI is InChI=1S/C23H22N4O5S/c1-23(2)10-17-18(13-32-23)33-21-19(17)20(24)25(12-16-4-3-9-31-16)22(28)26(21)11-14-5-7-15(8-6-14)27(29)30/h3-9,24H,10-13H2,1-2H3/p+1. The van der Waals surface area contributed by atoms with Gasteiger partial charge in [-0.2, -0.15) is 13.9 Å². The third-order valence-electron chi connectivity index (χ3n) is 5.90. The van der Waals surface area contributed by atoms with Crippen molar-refractivity contribution in [1.82, 2.24) is 4.57 Å². The molecule has 0 radical (unpaired) electrons. The van der Waals surface area contributed by atoms with E-state index in [-0.39, 0.29) is 30.1 Å². The van der Waals surface area contributed by atoms with Gasteiger partial charge in [0.2, 0.25) is 5.82 Å². The fourth-order valence-electron chi connectivity index (χ4n) is 4.22. The number of benzene rings is 1. The molecular formula is C23H23N4O5S+. The fraction of sp³-hybridized carbons (Fsp3) is 0.304. The number of aromatic nitrogens is 2. The molecule has 0 amide bonds. The van der Waals surface area contributed by atoms with Gasteiger partial charge in [0.1, 0.15) is 17.7 Å². The van der Waals surface area contributed by atoms with Crippen molar-refractivity contribution >= 4 is 33.1 Å². The number of ether oxygens (including phenoxy) is 1. The number of nitrogens with two attached hydrogens (primary N) is 1. The lowest BCUT2D eigenvalue weighted by Gasteiger charge is -2.29. The number of nitro benzene ring substituents is 1.